The summed E-state index contributed by atoms with van der Waals surface area (Å²) < 4.78 is 0. The summed E-state index contributed by atoms with van der Waals surface area (Å²) in [7, 11) is 0. The second kappa shape index (κ2) is 6.32. The SMILES string of the molecule is N#CC(c1ccccc1)N1CCN(CC(N)=O)CC1. The Morgan fingerprint density at radius 2 is 1.89 bits per heavy atom. The van der Waals surface area contributed by atoms with Crippen LogP contribution in [-0.4, -0.2) is 48.4 Å². The first kappa shape index (κ1) is 13.5. The Hall–Kier alpha value is -1.90. The van der Waals surface area contributed by atoms with E-state index in [0.717, 1.165) is 31.7 Å². The molecule has 1 fully saturated rings. The number of benzene rings is 1. The summed E-state index contributed by atoms with van der Waals surface area (Å²) in [6.07, 6.45) is 0. The first-order valence-corrected chi connectivity index (χ1v) is 6.40. The third-order valence-electron chi connectivity index (χ3n) is 3.39. The second-order valence-electron chi connectivity index (χ2n) is 4.72. The third-order valence-corrected chi connectivity index (χ3v) is 3.39. The van der Waals surface area contributed by atoms with Gasteiger partial charge in [-0.25, -0.2) is 0 Å². The molecular weight excluding hydrogens is 240 g/mol. The molecule has 100 valence electrons. The van der Waals surface area contributed by atoms with Crippen LogP contribution in [0.4, 0.5) is 0 Å². The van der Waals surface area contributed by atoms with E-state index in [1.807, 2.05) is 35.2 Å². The van der Waals surface area contributed by atoms with Gasteiger partial charge >= 0.3 is 0 Å². The van der Waals surface area contributed by atoms with E-state index in [9.17, 15) is 10.1 Å². The van der Waals surface area contributed by atoms with E-state index in [0.29, 0.717) is 6.54 Å². The van der Waals surface area contributed by atoms with E-state index in [2.05, 4.69) is 11.0 Å². The highest BCUT2D eigenvalue weighted by atomic mass is 16.1. The maximum absolute atomic E-state index is 10.9. The average Bonchev–Trinajstić information content (AvgIpc) is 2.42. The Morgan fingerprint density at radius 3 is 2.42 bits per heavy atom. The second-order valence-corrected chi connectivity index (χ2v) is 4.72. The van der Waals surface area contributed by atoms with Crippen LogP contribution in [0.3, 0.4) is 0 Å². The lowest BCUT2D eigenvalue weighted by atomic mass is 10.1. The van der Waals surface area contributed by atoms with Crippen molar-refractivity contribution in [3.05, 3.63) is 35.9 Å². The number of nitriles is 1. The summed E-state index contributed by atoms with van der Waals surface area (Å²) in [4.78, 5) is 15.0. The predicted molar refractivity (Wildman–Crippen MR) is 72.0 cm³/mol. The first-order valence-electron chi connectivity index (χ1n) is 6.40. The highest BCUT2D eigenvalue weighted by Crippen LogP contribution is 2.21. The Morgan fingerprint density at radius 1 is 1.26 bits per heavy atom. The molecule has 0 spiro atoms. The van der Waals surface area contributed by atoms with Crippen LogP contribution in [-0.2, 0) is 4.79 Å². The minimum atomic E-state index is -0.298. The summed E-state index contributed by atoms with van der Waals surface area (Å²) in [6.45, 7) is 3.40. The van der Waals surface area contributed by atoms with Crippen molar-refractivity contribution in [1.82, 2.24) is 9.80 Å². The van der Waals surface area contributed by atoms with Crippen molar-refractivity contribution < 1.29 is 4.79 Å². The van der Waals surface area contributed by atoms with Crippen LogP contribution < -0.4 is 5.73 Å². The number of hydrogen-bond acceptors (Lipinski definition) is 4. The highest BCUT2D eigenvalue weighted by molar-refractivity contribution is 5.75. The number of nitrogens with zero attached hydrogens (tertiary/aromatic N) is 3. The zero-order valence-electron chi connectivity index (χ0n) is 10.8. The van der Waals surface area contributed by atoms with Crippen molar-refractivity contribution in [2.24, 2.45) is 5.73 Å². The summed E-state index contributed by atoms with van der Waals surface area (Å²) in [5.74, 6) is -0.298. The van der Waals surface area contributed by atoms with Gasteiger partial charge in [-0.2, -0.15) is 5.26 Å². The normalized spacial score (nSPS) is 18.7. The Labute approximate surface area is 113 Å². The van der Waals surface area contributed by atoms with Crippen molar-refractivity contribution in [1.29, 1.82) is 5.26 Å². The van der Waals surface area contributed by atoms with E-state index in [1.54, 1.807) is 0 Å². The van der Waals surface area contributed by atoms with Crippen molar-refractivity contribution in [3.63, 3.8) is 0 Å². The number of nitrogens with two attached hydrogens (primary N) is 1. The standard InChI is InChI=1S/C14H18N4O/c15-10-13(12-4-2-1-3-5-12)18-8-6-17(7-9-18)11-14(16)19/h1-5,13H,6-9,11H2,(H2,16,19). The van der Waals surface area contributed by atoms with Crippen molar-refractivity contribution in [2.45, 2.75) is 6.04 Å². The molecule has 1 unspecified atom stereocenters. The molecule has 1 heterocycles. The lowest BCUT2D eigenvalue weighted by molar-refractivity contribution is -0.119. The largest absolute Gasteiger partial charge is 0.369 e. The van der Waals surface area contributed by atoms with Crippen LogP contribution >= 0.6 is 0 Å². The molecule has 1 aliphatic rings. The van der Waals surface area contributed by atoms with Crippen LogP contribution in [0.1, 0.15) is 11.6 Å². The molecule has 2 rings (SSSR count). The van der Waals surface area contributed by atoms with E-state index >= 15 is 0 Å². The molecule has 0 saturated carbocycles. The van der Waals surface area contributed by atoms with Gasteiger partial charge in [-0.05, 0) is 5.56 Å². The Kier molecular flexibility index (Phi) is 4.50. The Bertz CT molecular complexity index is 460. The molecule has 1 aromatic rings. The summed E-state index contributed by atoms with van der Waals surface area (Å²) >= 11 is 0. The summed E-state index contributed by atoms with van der Waals surface area (Å²) in [6, 6.07) is 11.9. The smallest absolute Gasteiger partial charge is 0.231 e. The quantitative estimate of drug-likeness (QED) is 0.846. The van der Waals surface area contributed by atoms with E-state index in [1.165, 1.54) is 0 Å². The van der Waals surface area contributed by atoms with Gasteiger partial charge in [-0.15, -0.1) is 0 Å². The number of piperazine rings is 1. The Balaban J connectivity index is 1.96. The number of carbonyl (C=O) groups is 1. The number of hydrogen-bond donors (Lipinski definition) is 1. The molecule has 0 radical (unpaired) electrons. The number of amides is 1. The summed E-state index contributed by atoms with van der Waals surface area (Å²) in [5, 5.41) is 9.36. The molecule has 1 amide bonds. The molecule has 1 aliphatic heterocycles. The fourth-order valence-electron chi connectivity index (χ4n) is 2.40. The van der Waals surface area contributed by atoms with Crippen LogP contribution in [0.2, 0.25) is 0 Å². The minimum absolute atomic E-state index is 0.211. The topological polar surface area (TPSA) is 73.4 Å². The molecule has 5 nitrogen and oxygen atoms in total. The molecule has 0 aliphatic carbocycles. The van der Waals surface area contributed by atoms with E-state index < -0.39 is 0 Å². The van der Waals surface area contributed by atoms with Crippen molar-refractivity contribution in [3.8, 4) is 6.07 Å². The fourth-order valence-corrected chi connectivity index (χ4v) is 2.40. The van der Waals surface area contributed by atoms with Gasteiger partial charge < -0.3 is 5.73 Å². The molecule has 2 N–H and O–H groups in total. The third kappa shape index (κ3) is 3.53. The fraction of sp³-hybridized carbons (Fsp3) is 0.429. The van der Waals surface area contributed by atoms with Crippen molar-refractivity contribution >= 4 is 5.91 Å². The van der Waals surface area contributed by atoms with Gasteiger partial charge in [-0.3, -0.25) is 14.6 Å². The molecule has 1 atom stereocenters. The van der Waals surface area contributed by atoms with Crippen LogP contribution in [0, 0.1) is 11.3 Å². The lowest BCUT2D eigenvalue weighted by Crippen LogP contribution is -2.49. The molecule has 5 heteroatoms. The van der Waals surface area contributed by atoms with Gasteiger partial charge in [0, 0.05) is 26.2 Å². The van der Waals surface area contributed by atoms with Crippen LogP contribution in [0.5, 0.6) is 0 Å². The lowest BCUT2D eigenvalue weighted by Gasteiger charge is -2.36. The maximum Gasteiger partial charge on any atom is 0.231 e. The zero-order valence-corrected chi connectivity index (χ0v) is 10.8. The van der Waals surface area contributed by atoms with Gasteiger partial charge in [0.15, 0.2) is 0 Å². The van der Waals surface area contributed by atoms with Gasteiger partial charge in [0.25, 0.3) is 0 Å². The molecule has 19 heavy (non-hydrogen) atoms. The zero-order chi connectivity index (χ0) is 13.7. The molecular formula is C14H18N4O. The monoisotopic (exact) mass is 258 g/mol. The number of carbonyl (C=O) groups excluding carboxylic acids is 1. The highest BCUT2D eigenvalue weighted by Gasteiger charge is 2.25. The van der Waals surface area contributed by atoms with Gasteiger partial charge in [-0.1, -0.05) is 30.3 Å². The summed E-state index contributed by atoms with van der Waals surface area (Å²) in [5.41, 5.74) is 6.21. The van der Waals surface area contributed by atoms with E-state index in [4.69, 9.17) is 5.73 Å². The van der Waals surface area contributed by atoms with Crippen LogP contribution in [0.15, 0.2) is 30.3 Å². The predicted octanol–water partition coefficient (Wildman–Crippen LogP) is 0.354. The average molecular weight is 258 g/mol. The maximum atomic E-state index is 10.9. The minimum Gasteiger partial charge on any atom is -0.369 e. The first-order chi connectivity index (χ1) is 9.20. The number of rotatable bonds is 4. The molecule has 1 saturated heterocycles. The van der Waals surface area contributed by atoms with Gasteiger partial charge in [0.05, 0.1) is 12.6 Å². The molecule has 0 aromatic heterocycles. The van der Waals surface area contributed by atoms with Gasteiger partial charge in [0.2, 0.25) is 5.91 Å². The van der Waals surface area contributed by atoms with Gasteiger partial charge in [0.1, 0.15) is 6.04 Å². The van der Waals surface area contributed by atoms with E-state index in [-0.39, 0.29) is 11.9 Å². The molecule has 0 bridgehead atoms. The number of primary amides is 1. The van der Waals surface area contributed by atoms with Crippen LogP contribution in [0.25, 0.3) is 0 Å². The van der Waals surface area contributed by atoms with Crippen molar-refractivity contribution in [2.75, 3.05) is 32.7 Å². The molecule has 1 aromatic carbocycles.